The average Bonchev–Trinajstić information content (AvgIpc) is 2.60. The van der Waals surface area contributed by atoms with Gasteiger partial charge in [0.1, 0.15) is 5.60 Å². The van der Waals surface area contributed by atoms with Crippen LogP contribution in [0.5, 0.6) is 0 Å². The molecule has 4 heteroatoms. The Kier molecular flexibility index (Phi) is 3.56. The van der Waals surface area contributed by atoms with Crippen LogP contribution in [0.2, 0.25) is 0 Å². The molecule has 1 aromatic rings. The molecule has 0 aromatic heterocycles. The molecule has 0 spiro atoms. The standard InChI is InChI=1S/C17H24N2O2/c1-17(2,3)21-16(20)19-10-6-9-15-13(11-19)12-7-4-5-8-14(12)18-15/h4-5,7-8,13,15,18H,6,9-11H2,1-3H3/t13-,15-/m1/s1. The number of nitrogens with one attached hydrogen (secondary N) is 1. The van der Waals surface area contributed by atoms with Crippen molar-refractivity contribution in [2.45, 2.75) is 51.2 Å². The molecule has 1 amide bonds. The molecule has 2 atom stereocenters. The topological polar surface area (TPSA) is 41.6 Å². The highest BCUT2D eigenvalue weighted by Gasteiger charge is 2.37. The van der Waals surface area contributed by atoms with Gasteiger partial charge in [-0.2, -0.15) is 0 Å². The summed E-state index contributed by atoms with van der Waals surface area (Å²) in [7, 11) is 0. The van der Waals surface area contributed by atoms with Crippen molar-refractivity contribution in [1.29, 1.82) is 0 Å². The number of hydrogen-bond donors (Lipinski definition) is 1. The van der Waals surface area contributed by atoms with Gasteiger partial charge in [-0.1, -0.05) is 18.2 Å². The minimum atomic E-state index is -0.436. The highest BCUT2D eigenvalue weighted by molar-refractivity contribution is 5.69. The summed E-state index contributed by atoms with van der Waals surface area (Å²) in [6.07, 6.45) is 1.92. The first-order valence-corrected chi connectivity index (χ1v) is 7.77. The zero-order valence-corrected chi connectivity index (χ0v) is 13.1. The number of ether oxygens (including phenoxy) is 1. The molecular formula is C17H24N2O2. The predicted octanol–water partition coefficient (Wildman–Crippen LogP) is 3.60. The second-order valence-corrected chi connectivity index (χ2v) is 7.01. The Labute approximate surface area is 126 Å². The summed E-state index contributed by atoms with van der Waals surface area (Å²) in [4.78, 5) is 14.2. The largest absolute Gasteiger partial charge is 0.444 e. The van der Waals surface area contributed by atoms with E-state index in [-0.39, 0.29) is 6.09 Å². The number of fused-ring (bicyclic) bond motifs is 3. The number of amides is 1. The minimum absolute atomic E-state index is 0.187. The Morgan fingerprint density at radius 1 is 1.33 bits per heavy atom. The van der Waals surface area contributed by atoms with Crippen molar-refractivity contribution in [2.75, 3.05) is 18.4 Å². The van der Waals surface area contributed by atoms with Crippen LogP contribution in [0.4, 0.5) is 10.5 Å². The molecule has 0 saturated carbocycles. The number of benzene rings is 1. The van der Waals surface area contributed by atoms with Crippen molar-refractivity contribution in [2.24, 2.45) is 0 Å². The molecule has 1 N–H and O–H groups in total. The van der Waals surface area contributed by atoms with E-state index in [1.807, 2.05) is 25.7 Å². The second kappa shape index (κ2) is 5.24. The van der Waals surface area contributed by atoms with E-state index in [4.69, 9.17) is 4.74 Å². The Morgan fingerprint density at radius 2 is 2.10 bits per heavy atom. The van der Waals surface area contributed by atoms with Crippen molar-refractivity contribution >= 4 is 11.8 Å². The van der Waals surface area contributed by atoms with E-state index in [0.717, 1.165) is 25.9 Å². The number of carbonyl (C=O) groups excluding carboxylic acids is 1. The van der Waals surface area contributed by atoms with Gasteiger partial charge in [-0.05, 0) is 45.2 Å². The molecule has 114 valence electrons. The second-order valence-electron chi connectivity index (χ2n) is 7.01. The highest BCUT2D eigenvalue weighted by Crippen LogP contribution is 2.39. The Hall–Kier alpha value is -1.71. The van der Waals surface area contributed by atoms with Crippen molar-refractivity contribution < 1.29 is 9.53 Å². The zero-order chi connectivity index (χ0) is 15.0. The Balaban J connectivity index is 1.77. The molecule has 4 nitrogen and oxygen atoms in total. The van der Waals surface area contributed by atoms with Crippen LogP contribution in [0.15, 0.2) is 24.3 Å². The molecule has 1 saturated heterocycles. The third-order valence-electron chi connectivity index (χ3n) is 4.20. The van der Waals surface area contributed by atoms with E-state index in [9.17, 15) is 4.79 Å². The van der Waals surface area contributed by atoms with Gasteiger partial charge in [0, 0.05) is 30.7 Å². The molecule has 0 aliphatic carbocycles. The summed E-state index contributed by atoms with van der Waals surface area (Å²) in [5.74, 6) is 0.371. The quantitative estimate of drug-likeness (QED) is 0.793. The zero-order valence-electron chi connectivity index (χ0n) is 13.1. The molecular weight excluding hydrogens is 264 g/mol. The van der Waals surface area contributed by atoms with Crippen molar-refractivity contribution in [1.82, 2.24) is 4.90 Å². The summed E-state index contributed by atoms with van der Waals surface area (Å²) >= 11 is 0. The first kappa shape index (κ1) is 14.2. The number of anilines is 1. The lowest BCUT2D eigenvalue weighted by molar-refractivity contribution is 0.0249. The molecule has 21 heavy (non-hydrogen) atoms. The van der Waals surface area contributed by atoms with E-state index in [1.165, 1.54) is 11.3 Å². The SMILES string of the molecule is CC(C)(C)OC(=O)N1CCC[C@H]2Nc3ccccc3[C@H]2C1. The molecule has 2 aliphatic rings. The lowest BCUT2D eigenvalue weighted by Gasteiger charge is -2.28. The maximum atomic E-state index is 12.4. The monoisotopic (exact) mass is 288 g/mol. The number of rotatable bonds is 0. The van der Waals surface area contributed by atoms with Crippen LogP contribution in [-0.4, -0.2) is 35.7 Å². The fraction of sp³-hybridized carbons (Fsp3) is 0.588. The van der Waals surface area contributed by atoms with Gasteiger partial charge in [0.05, 0.1) is 0 Å². The van der Waals surface area contributed by atoms with Gasteiger partial charge in [0.15, 0.2) is 0 Å². The molecule has 1 fully saturated rings. The Bertz CT molecular complexity index is 536. The van der Waals surface area contributed by atoms with Gasteiger partial charge >= 0.3 is 6.09 Å². The van der Waals surface area contributed by atoms with Gasteiger partial charge < -0.3 is 15.0 Å². The number of carbonyl (C=O) groups is 1. The Morgan fingerprint density at radius 3 is 2.86 bits per heavy atom. The van der Waals surface area contributed by atoms with E-state index in [2.05, 4.69) is 29.6 Å². The van der Waals surface area contributed by atoms with Crippen LogP contribution < -0.4 is 5.32 Å². The van der Waals surface area contributed by atoms with E-state index < -0.39 is 5.60 Å². The lowest BCUT2D eigenvalue weighted by atomic mass is 9.93. The fourth-order valence-electron chi connectivity index (χ4n) is 3.29. The first-order chi connectivity index (χ1) is 9.94. The van der Waals surface area contributed by atoms with Gasteiger partial charge in [0.25, 0.3) is 0 Å². The molecule has 0 bridgehead atoms. The van der Waals surface area contributed by atoms with Crippen LogP contribution in [0.25, 0.3) is 0 Å². The van der Waals surface area contributed by atoms with Crippen LogP contribution in [-0.2, 0) is 4.74 Å². The van der Waals surface area contributed by atoms with Gasteiger partial charge in [0.2, 0.25) is 0 Å². The molecule has 2 heterocycles. The van der Waals surface area contributed by atoms with Crippen LogP contribution in [0, 0.1) is 0 Å². The molecule has 3 rings (SSSR count). The number of para-hydroxylation sites is 1. The number of nitrogens with zero attached hydrogens (tertiary/aromatic N) is 1. The normalized spacial score (nSPS) is 24.6. The van der Waals surface area contributed by atoms with Gasteiger partial charge in [-0.3, -0.25) is 0 Å². The number of hydrogen-bond acceptors (Lipinski definition) is 3. The van der Waals surface area contributed by atoms with Crippen LogP contribution >= 0.6 is 0 Å². The summed E-state index contributed by atoms with van der Waals surface area (Å²) in [6, 6.07) is 8.87. The highest BCUT2D eigenvalue weighted by atomic mass is 16.6. The van der Waals surface area contributed by atoms with Crippen LogP contribution in [0.3, 0.4) is 0 Å². The average molecular weight is 288 g/mol. The summed E-state index contributed by atoms with van der Waals surface area (Å²) in [5.41, 5.74) is 2.12. The molecule has 0 radical (unpaired) electrons. The van der Waals surface area contributed by atoms with Gasteiger partial charge in [-0.15, -0.1) is 0 Å². The van der Waals surface area contributed by atoms with E-state index in [1.54, 1.807) is 0 Å². The lowest BCUT2D eigenvalue weighted by Crippen LogP contribution is -2.39. The summed E-state index contributed by atoms with van der Waals surface area (Å²) in [6.45, 7) is 7.27. The maximum Gasteiger partial charge on any atom is 0.410 e. The summed E-state index contributed by atoms with van der Waals surface area (Å²) < 4.78 is 5.54. The minimum Gasteiger partial charge on any atom is -0.444 e. The third kappa shape index (κ3) is 2.99. The molecule has 0 unspecified atom stereocenters. The van der Waals surface area contributed by atoms with E-state index in [0.29, 0.717) is 12.0 Å². The number of likely N-dealkylation sites (tertiary alicyclic amines) is 1. The first-order valence-electron chi connectivity index (χ1n) is 7.77. The maximum absolute atomic E-state index is 12.4. The van der Waals surface area contributed by atoms with E-state index >= 15 is 0 Å². The smallest absolute Gasteiger partial charge is 0.410 e. The predicted molar refractivity (Wildman–Crippen MR) is 83.6 cm³/mol. The van der Waals surface area contributed by atoms with Crippen LogP contribution in [0.1, 0.15) is 45.1 Å². The molecule has 1 aromatic carbocycles. The van der Waals surface area contributed by atoms with Crippen molar-refractivity contribution in [3.05, 3.63) is 29.8 Å². The molecule has 2 aliphatic heterocycles. The summed E-state index contributed by atoms with van der Waals surface area (Å²) in [5, 5.41) is 3.61. The third-order valence-corrected chi connectivity index (χ3v) is 4.20. The van der Waals surface area contributed by atoms with Gasteiger partial charge in [-0.25, -0.2) is 4.79 Å². The fourth-order valence-corrected chi connectivity index (χ4v) is 3.29. The van der Waals surface area contributed by atoms with Crippen molar-refractivity contribution in [3.8, 4) is 0 Å². The van der Waals surface area contributed by atoms with Crippen molar-refractivity contribution in [3.63, 3.8) is 0 Å².